The Balaban J connectivity index is 2.48. The number of nitrogens with one attached hydrogen (secondary N) is 1. The van der Waals surface area contributed by atoms with Crippen LogP contribution in [-0.2, 0) is 14.6 Å². The third kappa shape index (κ3) is 3.29. The molecule has 1 unspecified atom stereocenters. The average Bonchev–Trinajstić information content (AvgIpc) is 2.99. The SMILES string of the molecule is CCC(OC)c1nn2c(=O)[nH]c(S(C)(=O)=O)nc2c1-c1cc(F)c(F)c(F)c1. The molecule has 0 bridgehead atoms. The van der Waals surface area contributed by atoms with Crippen molar-refractivity contribution in [3.63, 3.8) is 0 Å². The number of benzene rings is 1. The number of methoxy groups -OCH3 is 1. The molecular weight excluding hydrogens is 401 g/mol. The maximum Gasteiger partial charge on any atom is 0.350 e. The molecule has 28 heavy (non-hydrogen) atoms. The predicted octanol–water partition coefficient (Wildman–Crippen LogP) is 2.00. The highest BCUT2D eigenvalue weighted by Crippen LogP contribution is 2.34. The summed E-state index contributed by atoms with van der Waals surface area (Å²) in [5.74, 6) is -4.58. The van der Waals surface area contributed by atoms with Gasteiger partial charge in [-0.3, -0.25) is 4.98 Å². The summed E-state index contributed by atoms with van der Waals surface area (Å²) in [6, 6.07) is 1.43. The molecule has 3 aromatic rings. The van der Waals surface area contributed by atoms with Crippen molar-refractivity contribution in [3.8, 4) is 11.1 Å². The molecule has 1 N–H and O–H groups in total. The summed E-state index contributed by atoms with van der Waals surface area (Å²) in [5, 5.41) is 3.44. The molecular formula is C16H15F3N4O4S. The monoisotopic (exact) mass is 416 g/mol. The Morgan fingerprint density at radius 3 is 2.36 bits per heavy atom. The second-order valence-corrected chi connectivity index (χ2v) is 7.93. The van der Waals surface area contributed by atoms with Gasteiger partial charge in [0.2, 0.25) is 15.0 Å². The molecule has 0 amide bonds. The van der Waals surface area contributed by atoms with E-state index in [9.17, 15) is 26.4 Å². The van der Waals surface area contributed by atoms with E-state index in [2.05, 4.69) is 15.1 Å². The van der Waals surface area contributed by atoms with Crippen LogP contribution in [0.25, 0.3) is 16.8 Å². The highest BCUT2D eigenvalue weighted by molar-refractivity contribution is 7.90. The number of hydrogen-bond donors (Lipinski definition) is 1. The van der Waals surface area contributed by atoms with Crippen LogP contribution in [0.1, 0.15) is 25.1 Å². The maximum atomic E-state index is 13.8. The van der Waals surface area contributed by atoms with E-state index in [1.807, 2.05) is 0 Å². The zero-order chi connectivity index (χ0) is 20.8. The van der Waals surface area contributed by atoms with Crippen molar-refractivity contribution >= 4 is 15.5 Å². The smallest absolute Gasteiger partial charge is 0.350 e. The van der Waals surface area contributed by atoms with E-state index in [4.69, 9.17) is 4.74 Å². The number of nitrogens with zero attached hydrogens (tertiary/aromatic N) is 3. The highest BCUT2D eigenvalue weighted by atomic mass is 32.2. The van der Waals surface area contributed by atoms with Crippen LogP contribution in [-0.4, -0.2) is 41.4 Å². The molecule has 0 aliphatic carbocycles. The standard InChI is InChI=1S/C16H15F3N4O4S/c1-4-10(27-2)13-11(7-5-8(17)12(19)9(18)6-7)14-20-15(28(3,25)26)21-16(24)23(14)22-13/h5-6,10H,4H2,1-3H3,(H,20,21,24). The average molecular weight is 416 g/mol. The molecule has 2 aromatic heterocycles. The van der Waals surface area contributed by atoms with Crippen molar-refractivity contribution in [2.45, 2.75) is 24.6 Å². The molecule has 1 atom stereocenters. The number of sulfone groups is 1. The van der Waals surface area contributed by atoms with Crippen molar-refractivity contribution in [1.29, 1.82) is 0 Å². The summed E-state index contributed by atoms with van der Waals surface area (Å²) >= 11 is 0. The van der Waals surface area contributed by atoms with Gasteiger partial charge in [0.05, 0.1) is 5.56 Å². The first-order chi connectivity index (χ1) is 13.1. The maximum absolute atomic E-state index is 13.8. The molecule has 12 heteroatoms. The van der Waals surface area contributed by atoms with Crippen LogP contribution in [0.4, 0.5) is 13.2 Å². The first kappa shape index (κ1) is 20.0. The topological polar surface area (TPSA) is 106 Å². The summed E-state index contributed by atoms with van der Waals surface area (Å²) in [4.78, 5) is 18.3. The Morgan fingerprint density at radius 2 is 1.86 bits per heavy atom. The number of hydrogen-bond acceptors (Lipinski definition) is 6. The van der Waals surface area contributed by atoms with E-state index in [0.29, 0.717) is 18.6 Å². The van der Waals surface area contributed by atoms with E-state index in [1.165, 1.54) is 7.11 Å². The van der Waals surface area contributed by atoms with E-state index in [0.717, 1.165) is 10.8 Å². The van der Waals surface area contributed by atoms with Crippen LogP contribution in [0.3, 0.4) is 0 Å². The van der Waals surface area contributed by atoms with E-state index in [1.54, 1.807) is 6.92 Å². The third-order valence-electron chi connectivity index (χ3n) is 4.09. The Bertz CT molecular complexity index is 1210. The fourth-order valence-electron chi connectivity index (χ4n) is 2.79. The van der Waals surface area contributed by atoms with Crippen molar-refractivity contribution in [2.75, 3.05) is 13.4 Å². The van der Waals surface area contributed by atoms with Gasteiger partial charge in [-0.05, 0) is 24.1 Å². The highest BCUT2D eigenvalue weighted by Gasteiger charge is 2.27. The molecule has 0 aliphatic rings. The molecule has 2 heterocycles. The zero-order valence-corrected chi connectivity index (χ0v) is 15.8. The first-order valence-electron chi connectivity index (χ1n) is 7.99. The Hall–Kier alpha value is -2.73. The second-order valence-electron chi connectivity index (χ2n) is 6.00. The lowest BCUT2D eigenvalue weighted by Gasteiger charge is -2.12. The van der Waals surface area contributed by atoms with Crippen LogP contribution in [0, 0.1) is 17.5 Å². The summed E-state index contributed by atoms with van der Waals surface area (Å²) < 4.78 is 70.8. The van der Waals surface area contributed by atoms with Gasteiger partial charge in [0.1, 0.15) is 11.8 Å². The third-order valence-corrected chi connectivity index (χ3v) is 4.98. The van der Waals surface area contributed by atoms with Gasteiger partial charge in [-0.1, -0.05) is 6.92 Å². The lowest BCUT2D eigenvalue weighted by atomic mass is 10.0. The number of aromatic nitrogens is 4. The van der Waals surface area contributed by atoms with Gasteiger partial charge in [0.25, 0.3) is 0 Å². The molecule has 0 spiro atoms. The zero-order valence-electron chi connectivity index (χ0n) is 15.0. The summed E-state index contributed by atoms with van der Waals surface area (Å²) in [5.41, 5.74) is -1.30. The molecule has 150 valence electrons. The second kappa shape index (κ2) is 7.02. The first-order valence-corrected chi connectivity index (χ1v) is 9.88. The molecule has 0 saturated carbocycles. The molecule has 0 saturated heterocycles. The van der Waals surface area contributed by atoms with Gasteiger partial charge in [0.15, 0.2) is 23.1 Å². The van der Waals surface area contributed by atoms with E-state index in [-0.39, 0.29) is 22.5 Å². The van der Waals surface area contributed by atoms with Crippen LogP contribution >= 0.6 is 0 Å². The normalized spacial score (nSPS) is 13.2. The Labute approximate surface area is 156 Å². The van der Waals surface area contributed by atoms with Crippen LogP contribution in [0.15, 0.2) is 22.1 Å². The number of aromatic amines is 1. The fraction of sp³-hybridized carbons (Fsp3) is 0.312. The van der Waals surface area contributed by atoms with Gasteiger partial charge < -0.3 is 4.74 Å². The fourth-order valence-corrected chi connectivity index (χ4v) is 3.31. The largest absolute Gasteiger partial charge is 0.375 e. The van der Waals surface area contributed by atoms with Gasteiger partial charge in [0, 0.05) is 13.4 Å². The van der Waals surface area contributed by atoms with E-state index < -0.39 is 44.2 Å². The number of halogens is 3. The van der Waals surface area contributed by atoms with E-state index >= 15 is 0 Å². The lowest BCUT2D eigenvalue weighted by molar-refractivity contribution is 0.0966. The van der Waals surface area contributed by atoms with Crippen molar-refractivity contribution in [2.24, 2.45) is 0 Å². The summed E-state index contributed by atoms with van der Waals surface area (Å²) in [6.07, 6.45) is 0.505. The minimum Gasteiger partial charge on any atom is -0.375 e. The minimum atomic E-state index is -3.91. The lowest BCUT2D eigenvalue weighted by Crippen LogP contribution is -2.22. The molecule has 3 rings (SSSR count). The Morgan fingerprint density at radius 1 is 1.25 bits per heavy atom. The molecule has 8 nitrogen and oxygen atoms in total. The summed E-state index contributed by atoms with van der Waals surface area (Å²) in [6.45, 7) is 1.74. The van der Waals surface area contributed by atoms with Crippen LogP contribution < -0.4 is 5.69 Å². The number of H-pyrrole nitrogens is 1. The van der Waals surface area contributed by atoms with Gasteiger partial charge in [-0.25, -0.2) is 26.4 Å². The minimum absolute atomic E-state index is 0.0394. The van der Waals surface area contributed by atoms with Gasteiger partial charge in [-0.15, -0.1) is 0 Å². The summed E-state index contributed by atoms with van der Waals surface area (Å²) in [7, 11) is -2.54. The Kier molecular flexibility index (Phi) is 5.02. The van der Waals surface area contributed by atoms with Gasteiger partial charge in [-0.2, -0.15) is 14.6 Å². The van der Waals surface area contributed by atoms with Crippen LogP contribution in [0.2, 0.25) is 0 Å². The molecule has 1 aromatic carbocycles. The van der Waals surface area contributed by atoms with Crippen molar-refractivity contribution in [3.05, 3.63) is 45.8 Å². The predicted molar refractivity (Wildman–Crippen MR) is 92.1 cm³/mol. The molecule has 0 fully saturated rings. The molecule has 0 aliphatic heterocycles. The van der Waals surface area contributed by atoms with Crippen molar-refractivity contribution in [1.82, 2.24) is 19.6 Å². The number of ether oxygens (including phenoxy) is 1. The number of fused-ring (bicyclic) bond motifs is 1. The van der Waals surface area contributed by atoms with Crippen molar-refractivity contribution < 1.29 is 26.3 Å². The quantitative estimate of drug-likeness (QED) is 0.638. The van der Waals surface area contributed by atoms with Gasteiger partial charge >= 0.3 is 5.69 Å². The van der Waals surface area contributed by atoms with Crippen LogP contribution in [0.5, 0.6) is 0 Å². The molecule has 0 radical (unpaired) electrons. The number of rotatable bonds is 5.